The van der Waals surface area contributed by atoms with E-state index in [0.717, 1.165) is 15.4 Å². The number of nitrogens with zero attached hydrogens (tertiary/aromatic N) is 4. The van der Waals surface area contributed by atoms with Gasteiger partial charge in [0.2, 0.25) is 5.29 Å². The van der Waals surface area contributed by atoms with Gasteiger partial charge >= 0.3 is 10.2 Å². The molecule has 0 spiro atoms. The van der Waals surface area contributed by atoms with Crippen molar-refractivity contribution >= 4 is 44.4 Å². The first-order valence-corrected chi connectivity index (χ1v) is 12.6. The summed E-state index contributed by atoms with van der Waals surface area (Å²) >= 11 is 12.3. The third-order valence-corrected chi connectivity index (χ3v) is 7.77. The summed E-state index contributed by atoms with van der Waals surface area (Å²) in [7, 11) is -4.21. The maximum Gasteiger partial charge on any atom is 0.325 e. The van der Waals surface area contributed by atoms with E-state index in [1.807, 2.05) is 42.5 Å². The molecule has 1 atom stereocenters. The number of amidine groups is 1. The Morgan fingerprint density at radius 1 is 1.03 bits per heavy atom. The zero-order valence-electron chi connectivity index (χ0n) is 17.5. The highest BCUT2D eigenvalue weighted by Crippen LogP contribution is 2.32. The summed E-state index contributed by atoms with van der Waals surface area (Å²) in [5.74, 6) is -2.90. The number of alkyl halides is 2. The van der Waals surface area contributed by atoms with Crippen LogP contribution in [0.3, 0.4) is 0 Å². The Hall–Kier alpha value is -2.07. The molecular formula is C22H22Cl2F2N4O2S. The van der Waals surface area contributed by atoms with Crippen LogP contribution >= 0.6 is 23.2 Å². The molecule has 2 aliphatic heterocycles. The SMILES string of the molecule is O=S(=O)(N=C(Cl)N1CCC(c2ccccc2)C(c2ccc(Cl)cc2)=N1)N1CCC(F)(F)CC1. The minimum absolute atomic E-state index is 0.0333. The van der Waals surface area contributed by atoms with Gasteiger partial charge in [-0.2, -0.15) is 17.8 Å². The molecule has 6 nitrogen and oxygen atoms in total. The maximum atomic E-state index is 13.4. The Labute approximate surface area is 201 Å². The first kappa shape index (κ1) is 24.1. The average molecular weight is 515 g/mol. The lowest BCUT2D eigenvalue weighted by atomic mass is 9.86. The topological polar surface area (TPSA) is 65.3 Å². The van der Waals surface area contributed by atoms with E-state index in [-0.39, 0.29) is 24.3 Å². The lowest BCUT2D eigenvalue weighted by Crippen LogP contribution is -2.42. The minimum atomic E-state index is -4.21. The number of hydrogen-bond acceptors (Lipinski definition) is 3. The second-order valence-corrected chi connectivity index (χ2v) is 10.3. The number of hydrogen-bond donors (Lipinski definition) is 0. The molecule has 0 aromatic heterocycles. The van der Waals surface area contributed by atoms with E-state index in [1.54, 1.807) is 12.1 Å². The van der Waals surface area contributed by atoms with Crippen molar-refractivity contribution in [1.29, 1.82) is 0 Å². The maximum absolute atomic E-state index is 13.4. The molecule has 0 amide bonds. The zero-order chi connectivity index (χ0) is 23.6. The van der Waals surface area contributed by atoms with E-state index < -0.39 is 29.0 Å². The van der Waals surface area contributed by atoms with Gasteiger partial charge in [0.05, 0.1) is 5.71 Å². The van der Waals surface area contributed by atoms with Gasteiger partial charge in [-0.15, -0.1) is 4.40 Å². The molecule has 0 N–H and O–H groups in total. The van der Waals surface area contributed by atoms with E-state index in [4.69, 9.17) is 23.2 Å². The van der Waals surface area contributed by atoms with E-state index in [1.165, 1.54) is 5.01 Å². The van der Waals surface area contributed by atoms with Crippen LogP contribution in [0.15, 0.2) is 64.1 Å². The van der Waals surface area contributed by atoms with E-state index in [9.17, 15) is 17.2 Å². The van der Waals surface area contributed by atoms with Gasteiger partial charge < -0.3 is 0 Å². The smallest absolute Gasteiger partial charge is 0.237 e. The second kappa shape index (κ2) is 9.66. The molecule has 0 bridgehead atoms. The van der Waals surface area contributed by atoms with Gasteiger partial charge in [0.1, 0.15) is 0 Å². The molecule has 33 heavy (non-hydrogen) atoms. The Kier molecular flexibility index (Phi) is 7.04. The zero-order valence-corrected chi connectivity index (χ0v) is 19.9. The molecule has 4 rings (SSSR count). The summed E-state index contributed by atoms with van der Waals surface area (Å²) in [5.41, 5.74) is 2.59. The van der Waals surface area contributed by atoms with Crippen LogP contribution in [0.5, 0.6) is 0 Å². The molecule has 2 aromatic rings. The van der Waals surface area contributed by atoms with Gasteiger partial charge in [-0.1, -0.05) is 54.1 Å². The van der Waals surface area contributed by atoms with Crippen LogP contribution in [0.1, 0.15) is 36.3 Å². The van der Waals surface area contributed by atoms with Crippen LogP contribution in [0.4, 0.5) is 8.78 Å². The van der Waals surface area contributed by atoms with Gasteiger partial charge in [-0.25, -0.2) is 13.8 Å². The molecular weight excluding hydrogens is 493 g/mol. The molecule has 2 aromatic carbocycles. The van der Waals surface area contributed by atoms with Crippen LogP contribution in [-0.2, 0) is 10.2 Å². The van der Waals surface area contributed by atoms with E-state index in [0.29, 0.717) is 23.7 Å². The van der Waals surface area contributed by atoms with Crippen molar-refractivity contribution in [1.82, 2.24) is 9.31 Å². The van der Waals surface area contributed by atoms with Crippen LogP contribution < -0.4 is 0 Å². The summed E-state index contributed by atoms with van der Waals surface area (Å²) < 4.78 is 56.7. The number of halogens is 4. The van der Waals surface area contributed by atoms with Crippen LogP contribution in [0.25, 0.3) is 0 Å². The monoisotopic (exact) mass is 514 g/mol. The summed E-state index contributed by atoms with van der Waals surface area (Å²) in [6, 6.07) is 17.1. The summed E-state index contributed by atoms with van der Waals surface area (Å²) in [4.78, 5) is 0. The van der Waals surface area contributed by atoms with Gasteiger partial charge in [0.15, 0.2) is 0 Å². The minimum Gasteiger partial charge on any atom is -0.237 e. The van der Waals surface area contributed by atoms with Crippen molar-refractivity contribution in [3.63, 3.8) is 0 Å². The van der Waals surface area contributed by atoms with Crippen molar-refractivity contribution in [2.24, 2.45) is 9.50 Å². The Morgan fingerprint density at radius 3 is 2.30 bits per heavy atom. The van der Waals surface area contributed by atoms with Crippen LogP contribution in [0.2, 0.25) is 5.02 Å². The molecule has 0 aliphatic carbocycles. The molecule has 11 heteroatoms. The molecule has 1 saturated heterocycles. The Bertz CT molecular complexity index is 1150. The number of rotatable bonds is 4. The fourth-order valence-corrected chi connectivity index (χ4v) is 5.46. The quantitative estimate of drug-likeness (QED) is 0.323. The average Bonchev–Trinajstić information content (AvgIpc) is 2.79. The first-order valence-electron chi connectivity index (χ1n) is 10.4. The fourth-order valence-electron chi connectivity index (χ4n) is 3.90. The third kappa shape index (κ3) is 5.71. The van der Waals surface area contributed by atoms with E-state index in [2.05, 4.69) is 9.50 Å². The number of hydrazone groups is 1. The highest BCUT2D eigenvalue weighted by molar-refractivity contribution is 7.88. The van der Waals surface area contributed by atoms with Gasteiger partial charge in [0, 0.05) is 43.4 Å². The molecule has 2 heterocycles. The largest absolute Gasteiger partial charge is 0.325 e. The standard InChI is InChI=1S/C22H22Cl2F2N4O2S/c23-18-8-6-17(7-9-18)20-19(16-4-2-1-3-5-16)10-13-30(27-20)21(24)28-33(31,32)29-14-11-22(25,26)12-15-29/h1-9,19H,10-15H2. The van der Waals surface area contributed by atoms with Crippen LogP contribution in [-0.4, -0.2) is 54.3 Å². The summed E-state index contributed by atoms with van der Waals surface area (Å²) in [6.07, 6.45) is -0.464. The van der Waals surface area contributed by atoms with Gasteiger partial charge in [-0.3, -0.25) is 0 Å². The summed E-state index contributed by atoms with van der Waals surface area (Å²) in [6.45, 7) is -0.274. The third-order valence-electron chi connectivity index (χ3n) is 5.71. The molecule has 1 fully saturated rings. The van der Waals surface area contributed by atoms with Gasteiger partial charge in [-0.05, 0) is 41.3 Å². The molecule has 2 aliphatic rings. The van der Waals surface area contributed by atoms with Crippen molar-refractivity contribution in [3.8, 4) is 0 Å². The Balaban J connectivity index is 1.63. The summed E-state index contributed by atoms with van der Waals surface area (Å²) in [5, 5.41) is 6.22. The fraction of sp³-hybridized carbons (Fsp3) is 0.364. The van der Waals surface area contributed by atoms with Crippen LogP contribution in [0, 0.1) is 0 Å². The molecule has 0 radical (unpaired) electrons. The normalized spacial score (nSPS) is 22.2. The lowest BCUT2D eigenvalue weighted by molar-refractivity contribution is -0.0411. The van der Waals surface area contributed by atoms with Crippen molar-refractivity contribution in [2.45, 2.75) is 31.1 Å². The first-order chi connectivity index (χ1) is 15.6. The number of benzene rings is 2. The highest BCUT2D eigenvalue weighted by atomic mass is 35.5. The van der Waals surface area contributed by atoms with Crippen molar-refractivity contribution < 1.29 is 17.2 Å². The second-order valence-electron chi connectivity index (χ2n) is 7.96. The predicted octanol–water partition coefficient (Wildman–Crippen LogP) is 5.10. The predicted molar refractivity (Wildman–Crippen MR) is 126 cm³/mol. The number of piperidine rings is 1. The van der Waals surface area contributed by atoms with E-state index >= 15 is 0 Å². The molecule has 0 saturated carbocycles. The highest BCUT2D eigenvalue weighted by Gasteiger charge is 2.38. The van der Waals surface area contributed by atoms with Gasteiger partial charge in [0.25, 0.3) is 5.92 Å². The lowest BCUT2D eigenvalue weighted by Gasteiger charge is -2.31. The van der Waals surface area contributed by atoms with Crippen molar-refractivity contribution in [3.05, 3.63) is 70.7 Å². The molecule has 1 unspecified atom stereocenters. The molecule has 176 valence electrons. The Morgan fingerprint density at radius 2 is 1.67 bits per heavy atom. The van der Waals surface area contributed by atoms with Crippen molar-refractivity contribution in [2.75, 3.05) is 19.6 Å².